The van der Waals surface area contributed by atoms with E-state index >= 15 is 0 Å². The fourth-order valence-electron chi connectivity index (χ4n) is 2.04. The van der Waals surface area contributed by atoms with Gasteiger partial charge in [0.25, 0.3) is 0 Å². The normalized spacial score (nSPS) is 26.6. The van der Waals surface area contributed by atoms with E-state index in [2.05, 4.69) is 9.47 Å². The van der Waals surface area contributed by atoms with Crippen LogP contribution in [0.5, 0.6) is 0 Å². The van der Waals surface area contributed by atoms with Gasteiger partial charge in [0, 0.05) is 12.2 Å². The van der Waals surface area contributed by atoms with Crippen LogP contribution in [0.1, 0.15) is 0 Å². The predicted octanol–water partition coefficient (Wildman–Crippen LogP) is 2.91. The molecular weight excluding hydrogens is 431 g/mol. The Bertz CT molecular complexity index is 764. The number of carbonyl (C=O) groups is 2. The fourth-order valence-corrected chi connectivity index (χ4v) is 8.34. The van der Waals surface area contributed by atoms with Crippen molar-refractivity contribution in [2.75, 3.05) is 14.2 Å². The third-order valence-electron chi connectivity index (χ3n) is 3.11. The maximum atomic E-state index is 13.1. The van der Waals surface area contributed by atoms with Crippen LogP contribution >= 0.6 is 46.7 Å². The van der Waals surface area contributed by atoms with Gasteiger partial charge in [0.05, 0.1) is 22.9 Å². The molecule has 0 aromatic rings. The van der Waals surface area contributed by atoms with Gasteiger partial charge in [-0.1, -0.05) is 46.7 Å². The van der Waals surface area contributed by atoms with Crippen LogP contribution in [0.2, 0.25) is 0 Å². The van der Waals surface area contributed by atoms with Crippen LogP contribution in [0.25, 0.3) is 0 Å². The van der Waals surface area contributed by atoms with Crippen LogP contribution in [0, 0.1) is 0 Å². The van der Waals surface area contributed by atoms with Crippen molar-refractivity contribution in [3.8, 4) is 0 Å². The summed E-state index contributed by atoms with van der Waals surface area (Å²) in [5.41, 5.74) is 0.394. The zero-order valence-corrected chi connectivity index (χ0v) is 16.9. The van der Waals surface area contributed by atoms with E-state index in [0.29, 0.717) is 0 Å². The van der Waals surface area contributed by atoms with Gasteiger partial charge in [0.2, 0.25) is 0 Å². The lowest BCUT2D eigenvalue weighted by Gasteiger charge is -2.19. The van der Waals surface area contributed by atoms with Crippen LogP contribution in [0.4, 0.5) is 0 Å². The molecule has 0 saturated heterocycles. The molecule has 0 N–H and O–H groups in total. The van der Waals surface area contributed by atoms with E-state index in [-0.39, 0.29) is 19.9 Å². The van der Waals surface area contributed by atoms with Crippen molar-refractivity contribution in [3.63, 3.8) is 0 Å². The molecule has 0 bridgehead atoms. The van der Waals surface area contributed by atoms with Crippen molar-refractivity contribution in [2.45, 2.75) is 9.16 Å². The largest absolute Gasteiger partial charge is 0.466 e. The Morgan fingerprint density at radius 3 is 1.64 bits per heavy atom. The van der Waals surface area contributed by atoms with E-state index in [1.807, 2.05) is 0 Å². The van der Waals surface area contributed by atoms with Gasteiger partial charge in [-0.05, 0) is 23.3 Å². The fraction of sp³-hybridized carbons (Fsp3) is 0.286. The summed E-state index contributed by atoms with van der Waals surface area (Å²) in [7, 11) is -1.54. The minimum Gasteiger partial charge on any atom is -0.466 e. The second-order valence-electron chi connectivity index (χ2n) is 4.72. The molecule has 0 saturated carbocycles. The van der Waals surface area contributed by atoms with Crippen LogP contribution in [-0.4, -0.2) is 43.7 Å². The van der Waals surface area contributed by atoms with E-state index in [1.54, 1.807) is 0 Å². The summed E-state index contributed by atoms with van der Waals surface area (Å²) in [5.74, 6) is -1.39. The Balaban J connectivity index is 2.41. The number of allylic oxidation sites excluding steroid dienone is 2. The van der Waals surface area contributed by atoms with E-state index in [9.17, 15) is 18.0 Å². The zero-order valence-electron chi connectivity index (χ0n) is 12.9. The van der Waals surface area contributed by atoms with E-state index in [0.717, 1.165) is 35.7 Å². The van der Waals surface area contributed by atoms with Crippen LogP contribution in [0.15, 0.2) is 44.2 Å². The molecule has 0 spiro atoms. The molecular formula is C14H12Cl2O6S3. The van der Waals surface area contributed by atoms with Gasteiger partial charge >= 0.3 is 11.9 Å². The number of esters is 2. The number of thioether (sulfide) groups is 2. The zero-order chi connectivity index (χ0) is 18.8. The molecule has 2 heterocycles. The maximum Gasteiger partial charge on any atom is 0.330 e. The van der Waals surface area contributed by atoms with Crippen molar-refractivity contribution >= 4 is 68.5 Å². The lowest BCUT2D eigenvalue weighted by atomic mass is 10.3. The average molecular weight is 443 g/mol. The molecule has 2 rings (SSSR count). The van der Waals surface area contributed by atoms with Gasteiger partial charge in [-0.25, -0.2) is 18.0 Å². The topological polar surface area (TPSA) is 86.7 Å². The Labute approximate surface area is 163 Å². The molecule has 0 aromatic carbocycles. The number of ether oxygens (including phenoxy) is 2. The molecule has 25 heavy (non-hydrogen) atoms. The summed E-state index contributed by atoms with van der Waals surface area (Å²) in [6.45, 7) is 0. The lowest BCUT2D eigenvalue weighted by molar-refractivity contribution is -0.135. The number of hydrogen-bond acceptors (Lipinski definition) is 8. The summed E-state index contributed by atoms with van der Waals surface area (Å²) in [6.07, 6.45) is 4.93. The number of rotatable bonds is 4. The van der Waals surface area contributed by atoms with Crippen molar-refractivity contribution in [1.82, 2.24) is 0 Å². The third kappa shape index (κ3) is 4.65. The molecule has 2 unspecified atom stereocenters. The van der Waals surface area contributed by atoms with Crippen LogP contribution in [0.3, 0.4) is 0 Å². The molecule has 0 radical (unpaired) electrons. The number of hydrogen-bond donors (Lipinski definition) is 0. The number of sulfone groups is 1. The highest BCUT2D eigenvalue weighted by Crippen LogP contribution is 2.49. The van der Waals surface area contributed by atoms with Gasteiger partial charge in [-0.2, -0.15) is 0 Å². The summed E-state index contributed by atoms with van der Waals surface area (Å²) >= 11 is 13.7. The van der Waals surface area contributed by atoms with E-state index in [4.69, 9.17) is 23.2 Å². The minimum atomic E-state index is -3.91. The lowest BCUT2D eigenvalue weighted by Crippen LogP contribution is -2.28. The minimum absolute atomic E-state index is 0.197. The monoisotopic (exact) mass is 442 g/mol. The van der Waals surface area contributed by atoms with Crippen molar-refractivity contribution in [3.05, 3.63) is 44.2 Å². The molecule has 2 aliphatic heterocycles. The van der Waals surface area contributed by atoms with Crippen LogP contribution in [-0.2, 0) is 28.9 Å². The highest BCUT2D eigenvalue weighted by molar-refractivity contribution is 8.24. The Hall–Kier alpha value is -0.870. The molecule has 11 heteroatoms. The van der Waals surface area contributed by atoms with Gasteiger partial charge in [-0.15, -0.1) is 0 Å². The predicted molar refractivity (Wildman–Crippen MR) is 99.7 cm³/mol. The van der Waals surface area contributed by atoms with Crippen molar-refractivity contribution in [2.24, 2.45) is 0 Å². The smallest absolute Gasteiger partial charge is 0.330 e. The number of methoxy groups -OCH3 is 2. The summed E-state index contributed by atoms with van der Waals surface area (Å²) in [5, 5.41) is 0. The van der Waals surface area contributed by atoms with Gasteiger partial charge in [0.15, 0.2) is 9.84 Å². The number of halogens is 2. The molecule has 2 aliphatic rings. The second-order valence-corrected chi connectivity index (χ2v) is 11.0. The molecule has 6 nitrogen and oxygen atoms in total. The second kappa shape index (κ2) is 8.22. The highest BCUT2D eigenvalue weighted by atomic mass is 35.5. The van der Waals surface area contributed by atoms with Crippen LogP contribution < -0.4 is 0 Å². The van der Waals surface area contributed by atoms with Gasteiger partial charge < -0.3 is 9.47 Å². The molecule has 136 valence electrons. The first-order chi connectivity index (χ1) is 11.7. The van der Waals surface area contributed by atoms with E-state index in [1.165, 1.54) is 26.4 Å². The van der Waals surface area contributed by atoms with Gasteiger partial charge in [0.1, 0.15) is 9.16 Å². The molecule has 0 aliphatic carbocycles. The van der Waals surface area contributed by atoms with Crippen molar-refractivity contribution in [1.29, 1.82) is 0 Å². The summed E-state index contributed by atoms with van der Waals surface area (Å²) in [4.78, 5) is 23.0. The third-order valence-corrected chi connectivity index (χ3v) is 9.45. The Morgan fingerprint density at radius 1 is 0.960 bits per heavy atom. The molecule has 2 atom stereocenters. The maximum absolute atomic E-state index is 13.1. The Morgan fingerprint density at radius 2 is 1.32 bits per heavy atom. The standard InChI is InChI=1S/C14H12Cl2O6S3/c1-21-11(17)5-7-3-9(15)23-13(7)25(19,20)14-8(4-10(16)24-14)6-12(18)22-2/h3-6,13-14H,1-2H3. The summed E-state index contributed by atoms with van der Waals surface area (Å²) in [6, 6.07) is 0. The molecule has 0 amide bonds. The average Bonchev–Trinajstić information content (AvgIpc) is 3.10. The Kier molecular flexibility index (Phi) is 6.72. The first kappa shape index (κ1) is 20.4. The molecule has 0 aromatic heterocycles. The highest BCUT2D eigenvalue weighted by Gasteiger charge is 2.44. The number of carbonyl (C=O) groups excluding carboxylic acids is 2. The summed E-state index contributed by atoms with van der Waals surface area (Å²) < 4.78 is 33.4. The SMILES string of the molecule is COC(=O)C=C1C=C(Cl)SC1S(=O)(=O)C1SC(Cl)=CC1=CC(=O)OC. The van der Waals surface area contributed by atoms with Crippen molar-refractivity contribution < 1.29 is 27.5 Å². The molecule has 0 fully saturated rings. The van der Waals surface area contributed by atoms with Gasteiger partial charge in [-0.3, -0.25) is 0 Å². The van der Waals surface area contributed by atoms with E-state index < -0.39 is 30.9 Å². The first-order valence-corrected chi connectivity index (χ1v) is 10.7. The quantitative estimate of drug-likeness (QED) is 0.484. The first-order valence-electron chi connectivity index (χ1n) is 6.58.